The van der Waals surface area contributed by atoms with Gasteiger partial charge in [0.15, 0.2) is 11.4 Å². The summed E-state index contributed by atoms with van der Waals surface area (Å²) in [6.07, 6.45) is 2.64. The molecule has 7 heteroatoms. The fourth-order valence-electron chi connectivity index (χ4n) is 1.60. The molecule has 6 nitrogen and oxygen atoms in total. The molecular weight excluding hydrogens is 294 g/mol. The average molecular weight is 306 g/mol. The second-order valence-electron chi connectivity index (χ2n) is 3.91. The molecule has 0 bridgehead atoms. The molecule has 1 N–H and O–H groups in total. The number of carbonyl (C=O) groups is 2. The summed E-state index contributed by atoms with van der Waals surface area (Å²) in [4.78, 5) is 31.7. The molecule has 21 heavy (non-hydrogen) atoms. The van der Waals surface area contributed by atoms with E-state index in [0.29, 0.717) is 10.7 Å². The number of halogens is 1. The third kappa shape index (κ3) is 3.55. The first-order chi connectivity index (χ1) is 10.1. The molecule has 2 aromatic rings. The van der Waals surface area contributed by atoms with Gasteiger partial charge in [-0.2, -0.15) is 0 Å². The van der Waals surface area contributed by atoms with Gasteiger partial charge in [-0.05, 0) is 19.1 Å². The van der Waals surface area contributed by atoms with Crippen LogP contribution < -0.4 is 5.32 Å². The van der Waals surface area contributed by atoms with Crippen LogP contribution in [0.25, 0.3) is 0 Å². The maximum absolute atomic E-state index is 12.2. The SMILES string of the molecule is CCOC(=O)c1nccnc1C(=O)Nc1ccccc1Cl. The summed E-state index contributed by atoms with van der Waals surface area (Å²) in [6, 6.07) is 6.75. The summed E-state index contributed by atoms with van der Waals surface area (Å²) >= 11 is 5.97. The molecule has 0 spiro atoms. The predicted molar refractivity (Wildman–Crippen MR) is 77.4 cm³/mol. The van der Waals surface area contributed by atoms with E-state index in [1.54, 1.807) is 31.2 Å². The van der Waals surface area contributed by atoms with E-state index in [0.717, 1.165) is 0 Å². The minimum Gasteiger partial charge on any atom is -0.461 e. The van der Waals surface area contributed by atoms with E-state index >= 15 is 0 Å². The minimum atomic E-state index is -0.699. The topological polar surface area (TPSA) is 81.2 Å². The second kappa shape index (κ2) is 6.81. The van der Waals surface area contributed by atoms with E-state index in [2.05, 4.69) is 15.3 Å². The molecule has 1 aromatic carbocycles. The van der Waals surface area contributed by atoms with Gasteiger partial charge in [0.1, 0.15) is 0 Å². The van der Waals surface area contributed by atoms with Crippen molar-refractivity contribution < 1.29 is 14.3 Å². The minimum absolute atomic E-state index is 0.115. The van der Waals surface area contributed by atoms with Gasteiger partial charge in [-0.1, -0.05) is 23.7 Å². The maximum atomic E-state index is 12.2. The maximum Gasteiger partial charge on any atom is 0.359 e. The van der Waals surface area contributed by atoms with Crippen molar-refractivity contribution in [3.8, 4) is 0 Å². The summed E-state index contributed by atoms with van der Waals surface area (Å²) < 4.78 is 4.85. The lowest BCUT2D eigenvalue weighted by Gasteiger charge is -2.08. The lowest BCUT2D eigenvalue weighted by atomic mass is 10.2. The molecule has 1 heterocycles. The average Bonchev–Trinajstić information content (AvgIpc) is 2.50. The van der Waals surface area contributed by atoms with Crippen molar-refractivity contribution >= 4 is 29.2 Å². The highest BCUT2D eigenvalue weighted by Crippen LogP contribution is 2.21. The molecule has 2 rings (SSSR count). The fraction of sp³-hybridized carbons (Fsp3) is 0.143. The number of hydrogen-bond acceptors (Lipinski definition) is 5. The standard InChI is InChI=1S/C14H12ClN3O3/c1-2-21-14(20)12-11(16-7-8-17-12)13(19)18-10-6-4-3-5-9(10)15/h3-8H,2H2,1H3,(H,18,19). The van der Waals surface area contributed by atoms with Gasteiger partial charge in [0.2, 0.25) is 0 Å². The zero-order valence-electron chi connectivity index (χ0n) is 11.2. The summed E-state index contributed by atoms with van der Waals surface area (Å²) in [5.41, 5.74) is 0.171. The molecule has 1 amide bonds. The number of esters is 1. The Kier molecular flexibility index (Phi) is 4.84. The highest BCUT2D eigenvalue weighted by atomic mass is 35.5. The number of rotatable bonds is 4. The Balaban J connectivity index is 2.28. The molecule has 0 aliphatic carbocycles. The molecule has 0 atom stereocenters. The molecule has 0 unspecified atom stereocenters. The van der Waals surface area contributed by atoms with Gasteiger partial charge >= 0.3 is 5.97 Å². The number of nitrogens with one attached hydrogen (secondary N) is 1. The Morgan fingerprint density at radius 3 is 2.52 bits per heavy atom. The number of aromatic nitrogens is 2. The number of ether oxygens (including phenoxy) is 1. The van der Waals surface area contributed by atoms with E-state index in [1.165, 1.54) is 12.4 Å². The first kappa shape index (κ1) is 14.9. The van der Waals surface area contributed by atoms with Crippen molar-refractivity contribution in [3.63, 3.8) is 0 Å². The van der Waals surface area contributed by atoms with Gasteiger partial charge in [-0.3, -0.25) is 4.79 Å². The summed E-state index contributed by atoms with van der Waals surface area (Å²) in [5.74, 6) is -1.28. The van der Waals surface area contributed by atoms with E-state index in [4.69, 9.17) is 16.3 Å². The van der Waals surface area contributed by atoms with Gasteiger partial charge in [0.25, 0.3) is 5.91 Å². The van der Waals surface area contributed by atoms with Crippen LogP contribution in [-0.2, 0) is 4.74 Å². The number of para-hydroxylation sites is 1. The number of anilines is 1. The van der Waals surface area contributed by atoms with Crippen LogP contribution in [0.15, 0.2) is 36.7 Å². The molecule has 108 valence electrons. The Bertz CT molecular complexity index is 676. The zero-order chi connectivity index (χ0) is 15.2. The van der Waals surface area contributed by atoms with Crippen LogP contribution >= 0.6 is 11.6 Å². The zero-order valence-corrected chi connectivity index (χ0v) is 11.9. The summed E-state index contributed by atoms with van der Waals surface area (Å²) in [6.45, 7) is 1.85. The van der Waals surface area contributed by atoms with E-state index in [9.17, 15) is 9.59 Å². The Hall–Kier alpha value is -2.47. The largest absolute Gasteiger partial charge is 0.461 e. The Labute approximate surface area is 126 Å². The fourth-order valence-corrected chi connectivity index (χ4v) is 1.78. The van der Waals surface area contributed by atoms with E-state index in [-0.39, 0.29) is 18.0 Å². The van der Waals surface area contributed by atoms with Crippen LogP contribution in [0.4, 0.5) is 5.69 Å². The van der Waals surface area contributed by atoms with Crippen LogP contribution in [0.1, 0.15) is 27.9 Å². The van der Waals surface area contributed by atoms with Gasteiger partial charge in [-0.25, -0.2) is 14.8 Å². The molecule has 0 aliphatic rings. The Morgan fingerprint density at radius 1 is 1.19 bits per heavy atom. The van der Waals surface area contributed by atoms with Crippen LogP contribution in [0.5, 0.6) is 0 Å². The number of benzene rings is 1. The van der Waals surface area contributed by atoms with Crippen LogP contribution in [0.3, 0.4) is 0 Å². The van der Waals surface area contributed by atoms with Gasteiger partial charge in [0.05, 0.1) is 17.3 Å². The van der Waals surface area contributed by atoms with Crippen LogP contribution in [-0.4, -0.2) is 28.5 Å². The van der Waals surface area contributed by atoms with Gasteiger partial charge in [0, 0.05) is 12.4 Å². The van der Waals surface area contributed by atoms with Crippen LogP contribution in [0, 0.1) is 0 Å². The molecule has 0 saturated carbocycles. The van der Waals surface area contributed by atoms with Crippen molar-refractivity contribution in [2.45, 2.75) is 6.92 Å². The van der Waals surface area contributed by atoms with E-state index in [1.807, 2.05) is 0 Å². The van der Waals surface area contributed by atoms with Crippen molar-refractivity contribution in [2.24, 2.45) is 0 Å². The first-order valence-corrected chi connectivity index (χ1v) is 6.55. The number of carbonyl (C=O) groups excluding carboxylic acids is 2. The quantitative estimate of drug-likeness (QED) is 0.878. The van der Waals surface area contributed by atoms with Crippen LogP contribution in [0.2, 0.25) is 5.02 Å². The normalized spacial score (nSPS) is 10.0. The molecular formula is C14H12ClN3O3. The highest BCUT2D eigenvalue weighted by Gasteiger charge is 2.21. The number of nitrogens with zero attached hydrogens (tertiary/aromatic N) is 2. The third-order valence-electron chi connectivity index (χ3n) is 2.50. The number of hydrogen-bond donors (Lipinski definition) is 1. The lowest BCUT2D eigenvalue weighted by Crippen LogP contribution is -2.20. The third-order valence-corrected chi connectivity index (χ3v) is 2.83. The highest BCUT2D eigenvalue weighted by molar-refractivity contribution is 6.33. The van der Waals surface area contributed by atoms with Gasteiger partial charge < -0.3 is 10.1 Å². The smallest absolute Gasteiger partial charge is 0.359 e. The van der Waals surface area contributed by atoms with Crippen molar-refractivity contribution in [3.05, 3.63) is 53.1 Å². The van der Waals surface area contributed by atoms with Crippen molar-refractivity contribution in [1.82, 2.24) is 9.97 Å². The van der Waals surface area contributed by atoms with Crippen molar-refractivity contribution in [2.75, 3.05) is 11.9 Å². The predicted octanol–water partition coefficient (Wildman–Crippen LogP) is 2.56. The molecule has 1 aromatic heterocycles. The molecule has 0 aliphatic heterocycles. The van der Waals surface area contributed by atoms with E-state index < -0.39 is 11.9 Å². The molecule has 0 saturated heterocycles. The second-order valence-corrected chi connectivity index (χ2v) is 4.32. The van der Waals surface area contributed by atoms with Crippen molar-refractivity contribution in [1.29, 1.82) is 0 Å². The summed E-state index contributed by atoms with van der Waals surface area (Å²) in [7, 11) is 0. The lowest BCUT2D eigenvalue weighted by molar-refractivity contribution is 0.0515. The number of amides is 1. The molecule has 0 radical (unpaired) electrons. The van der Waals surface area contributed by atoms with Gasteiger partial charge in [-0.15, -0.1) is 0 Å². The Morgan fingerprint density at radius 2 is 1.86 bits per heavy atom. The monoisotopic (exact) mass is 305 g/mol. The molecule has 0 fully saturated rings. The summed E-state index contributed by atoms with van der Waals surface area (Å²) in [5, 5.41) is 2.96. The first-order valence-electron chi connectivity index (χ1n) is 6.17.